The number of hydrogen-bond acceptors (Lipinski definition) is 3. The highest BCUT2D eigenvalue weighted by Crippen LogP contribution is 2.37. The standard InChI is InChI=1S/C13H20N2O5/c16-11(17)3-1-2-10(12(18)19)14-13(20)15-7-8-4-5-9(15)6-8/h8-10H,1-7H2,(H,14,20)(H,16,17)(H,18,19)/t8?,9?,10-/m1/s1. The van der Waals surface area contributed by atoms with Crippen molar-refractivity contribution >= 4 is 18.0 Å². The van der Waals surface area contributed by atoms with Crippen LogP contribution in [0.2, 0.25) is 0 Å². The molecule has 2 unspecified atom stereocenters. The van der Waals surface area contributed by atoms with Gasteiger partial charge in [0.25, 0.3) is 0 Å². The highest BCUT2D eigenvalue weighted by molar-refractivity contribution is 5.83. The van der Waals surface area contributed by atoms with Crippen LogP contribution in [0.1, 0.15) is 38.5 Å². The van der Waals surface area contributed by atoms with Crippen LogP contribution in [0, 0.1) is 5.92 Å². The molecular formula is C13H20N2O5. The van der Waals surface area contributed by atoms with Crippen LogP contribution in [0.5, 0.6) is 0 Å². The first-order valence-electron chi connectivity index (χ1n) is 6.99. The largest absolute Gasteiger partial charge is 0.481 e. The van der Waals surface area contributed by atoms with E-state index in [1.807, 2.05) is 0 Å². The lowest BCUT2D eigenvalue weighted by Crippen LogP contribution is -2.50. The molecule has 0 aromatic heterocycles. The normalized spacial score (nSPS) is 25.5. The van der Waals surface area contributed by atoms with E-state index in [9.17, 15) is 14.4 Å². The fraction of sp³-hybridized carbons (Fsp3) is 0.769. The van der Waals surface area contributed by atoms with Gasteiger partial charge >= 0.3 is 18.0 Å². The second kappa shape index (κ2) is 6.11. The second-order valence-electron chi connectivity index (χ2n) is 5.61. The molecule has 2 bridgehead atoms. The Labute approximate surface area is 116 Å². The number of carboxylic acid groups (broad SMARTS) is 2. The Morgan fingerprint density at radius 3 is 2.50 bits per heavy atom. The molecule has 112 valence electrons. The molecule has 2 rings (SSSR count). The van der Waals surface area contributed by atoms with E-state index >= 15 is 0 Å². The summed E-state index contributed by atoms with van der Waals surface area (Å²) in [5.74, 6) is -1.52. The van der Waals surface area contributed by atoms with Gasteiger partial charge in [0, 0.05) is 19.0 Å². The summed E-state index contributed by atoms with van der Waals surface area (Å²) >= 11 is 0. The monoisotopic (exact) mass is 284 g/mol. The minimum absolute atomic E-state index is 0.0892. The average molecular weight is 284 g/mol. The van der Waals surface area contributed by atoms with E-state index in [0.717, 1.165) is 19.3 Å². The molecule has 0 aromatic carbocycles. The van der Waals surface area contributed by atoms with Crippen LogP contribution in [-0.2, 0) is 9.59 Å². The molecule has 7 nitrogen and oxygen atoms in total. The van der Waals surface area contributed by atoms with Crippen LogP contribution >= 0.6 is 0 Å². The van der Waals surface area contributed by atoms with Crippen molar-refractivity contribution in [3.05, 3.63) is 0 Å². The number of rotatable bonds is 6. The van der Waals surface area contributed by atoms with Crippen LogP contribution < -0.4 is 5.32 Å². The molecule has 1 aliphatic heterocycles. The van der Waals surface area contributed by atoms with Crippen LogP contribution in [0.4, 0.5) is 4.79 Å². The Balaban J connectivity index is 1.83. The number of piperidine rings is 1. The first kappa shape index (κ1) is 14.6. The number of carbonyl (C=O) groups is 3. The minimum Gasteiger partial charge on any atom is -0.481 e. The van der Waals surface area contributed by atoms with Crippen LogP contribution in [-0.4, -0.2) is 51.7 Å². The van der Waals surface area contributed by atoms with Gasteiger partial charge in [-0.2, -0.15) is 0 Å². The van der Waals surface area contributed by atoms with Gasteiger partial charge in [0.2, 0.25) is 0 Å². The zero-order valence-electron chi connectivity index (χ0n) is 11.2. The number of likely N-dealkylation sites (tertiary alicyclic amines) is 1. The summed E-state index contributed by atoms with van der Waals surface area (Å²) in [4.78, 5) is 35.3. The Morgan fingerprint density at radius 2 is 2.00 bits per heavy atom. The number of hydrogen-bond donors (Lipinski definition) is 3. The summed E-state index contributed by atoms with van der Waals surface area (Å²) in [5.41, 5.74) is 0. The van der Waals surface area contributed by atoms with E-state index in [4.69, 9.17) is 10.2 Å². The molecule has 20 heavy (non-hydrogen) atoms. The molecule has 0 aromatic rings. The van der Waals surface area contributed by atoms with Gasteiger partial charge in [-0.3, -0.25) is 4.79 Å². The molecule has 7 heteroatoms. The first-order valence-corrected chi connectivity index (χ1v) is 6.99. The maximum Gasteiger partial charge on any atom is 0.326 e. The Hall–Kier alpha value is -1.79. The predicted molar refractivity (Wildman–Crippen MR) is 69.3 cm³/mol. The maximum absolute atomic E-state index is 12.1. The predicted octanol–water partition coefficient (Wildman–Crippen LogP) is 0.888. The van der Waals surface area contributed by atoms with Crippen molar-refractivity contribution in [2.45, 2.75) is 50.6 Å². The van der Waals surface area contributed by atoms with E-state index in [-0.39, 0.29) is 31.3 Å². The van der Waals surface area contributed by atoms with Gasteiger partial charge in [-0.15, -0.1) is 0 Å². The van der Waals surface area contributed by atoms with Gasteiger partial charge in [0.1, 0.15) is 6.04 Å². The number of carbonyl (C=O) groups excluding carboxylic acids is 1. The molecule has 0 spiro atoms. The van der Waals surface area contributed by atoms with Crippen LogP contribution in [0.15, 0.2) is 0 Å². The quantitative estimate of drug-likeness (QED) is 0.671. The van der Waals surface area contributed by atoms with E-state index < -0.39 is 18.0 Å². The van der Waals surface area contributed by atoms with Crippen molar-refractivity contribution in [3.63, 3.8) is 0 Å². The highest BCUT2D eigenvalue weighted by atomic mass is 16.4. The lowest BCUT2D eigenvalue weighted by Gasteiger charge is -2.28. The lowest BCUT2D eigenvalue weighted by molar-refractivity contribution is -0.140. The zero-order chi connectivity index (χ0) is 14.7. The maximum atomic E-state index is 12.1. The van der Waals surface area contributed by atoms with Gasteiger partial charge in [0.05, 0.1) is 0 Å². The zero-order valence-corrected chi connectivity index (χ0v) is 11.2. The number of nitrogens with one attached hydrogen (secondary N) is 1. The number of amides is 2. The number of fused-ring (bicyclic) bond motifs is 2. The van der Waals surface area contributed by atoms with Crippen molar-refractivity contribution in [2.75, 3.05) is 6.54 Å². The molecule has 1 saturated heterocycles. The SMILES string of the molecule is O=C(O)CCC[C@@H](NC(=O)N1CC2CCC1C2)C(=O)O. The van der Waals surface area contributed by atoms with E-state index in [0.29, 0.717) is 12.5 Å². The molecule has 1 saturated carbocycles. The third-order valence-electron chi connectivity index (χ3n) is 4.15. The molecule has 3 atom stereocenters. The molecule has 1 aliphatic carbocycles. The molecule has 2 fully saturated rings. The second-order valence-corrected chi connectivity index (χ2v) is 5.61. The smallest absolute Gasteiger partial charge is 0.326 e. The van der Waals surface area contributed by atoms with Gasteiger partial charge in [-0.1, -0.05) is 0 Å². The first-order chi connectivity index (χ1) is 9.47. The van der Waals surface area contributed by atoms with E-state index in [2.05, 4.69) is 5.32 Å². The fourth-order valence-electron chi connectivity index (χ4n) is 3.12. The summed E-state index contributed by atoms with van der Waals surface area (Å²) in [6.07, 6.45) is 3.44. The van der Waals surface area contributed by atoms with Crippen molar-refractivity contribution in [2.24, 2.45) is 5.92 Å². The molecule has 0 radical (unpaired) electrons. The third-order valence-corrected chi connectivity index (χ3v) is 4.15. The Bertz CT molecular complexity index is 412. The van der Waals surface area contributed by atoms with Gasteiger partial charge in [-0.05, 0) is 38.0 Å². The topological polar surface area (TPSA) is 107 Å². The minimum atomic E-state index is -1.12. The molecule has 2 amide bonds. The number of urea groups is 1. The number of carboxylic acids is 2. The highest BCUT2D eigenvalue weighted by Gasteiger charge is 2.40. The Morgan fingerprint density at radius 1 is 1.25 bits per heavy atom. The molecule has 3 N–H and O–H groups in total. The van der Waals surface area contributed by atoms with E-state index in [1.165, 1.54) is 0 Å². The summed E-state index contributed by atoms with van der Waals surface area (Å²) in [7, 11) is 0. The summed E-state index contributed by atoms with van der Waals surface area (Å²) in [6, 6.07) is -1.10. The third kappa shape index (κ3) is 3.40. The molecule has 2 aliphatic rings. The van der Waals surface area contributed by atoms with Crippen molar-refractivity contribution in [3.8, 4) is 0 Å². The van der Waals surface area contributed by atoms with Crippen LogP contribution in [0.25, 0.3) is 0 Å². The summed E-state index contributed by atoms with van der Waals surface area (Å²) in [5, 5.41) is 20.1. The van der Waals surface area contributed by atoms with Crippen molar-refractivity contribution in [1.82, 2.24) is 10.2 Å². The number of nitrogens with zero attached hydrogens (tertiary/aromatic N) is 1. The average Bonchev–Trinajstić information content (AvgIpc) is 2.98. The summed E-state index contributed by atoms with van der Waals surface area (Å²) in [6.45, 7) is 0.706. The summed E-state index contributed by atoms with van der Waals surface area (Å²) < 4.78 is 0. The number of aliphatic carboxylic acids is 2. The van der Waals surface area contributed by atoms with Crippen LogP contribution in [0.3, 0.4) is 0 Å². The molecule has 1 heterocycles. The van der Waals surface area contributed by atoms with Gasteiger partial charge in [0.15, 0.2) is 0 Å². The van der Waals surface area contributed by atoms with Crippen molar-refractivity contribution in [1.29, 1.82) is 0 Å². The fourth-order valence-corrected chi connectivity index (χ4v) is 3.12. The Kier molecular flexibility index (Phi) is 4.46. The van der Waals surface area contributed by atoms with E-state index in [1.54, 1.807) is 4.90 Å². The van der Waals surface area contributed by atoms with Crippen molar-refractivity contribution < 1.29 is 24.6 Å². The lowest BCUT2D eigenvalue weighted by atomic mass is 10.1. The van der Waals surface area contributed by atoms with Gasteiger partial charge < -0.3 is 20.4 Å². The van der Waals surface area contributed by atoms with Gasteiger partial charge in [-0.25, -0.2) is 9.59 Å². The molecular weight excluding hydrogens is 264 g/mol.